The van der Waals surface area contributed by atoms with E-state index in [2.05, 4.69) is 52.4 Å². The quantitative estimate of drug-likeness (QED) is 0.891. The number of carbonyl (C=O) groups excluding carboxylic acids is 1. The van der Waals surface area contributed by atoms with Gasteiger partial charge in [-0.05, 0) is 42.2 Å². The molecule has 1 amide bonds. The van der Waals surface area contributed by atoms with Crippen molar-refractivity contribution >= 4 is 21.8 Å². The third-order valence-corrected chi connectivity index (χ3v) is 3.82. The summed E-state index contributed by atoms with van der Waals surface area (Å²) in [5.74, 6) is -0.0385. The lowest BCUT2D eigenvalue weighted by atomic mass is 10.1. The van der Waals surface area contributed by atoms with E-state index in [4.69, 9.17) is 0 Å². The normalized spacial score (nSPS) is 10.3. The van der Waals surface area contributed by atoms with Gasteiger partial charge in [-0.3, -0.25) is 4.79 Å². The van der Waals surface area contributed by atoms with Crippen molar-refractivity contribution in [3.05, 3.63) is 69.2 Å². The van der Waals surface area contributed by atoms with E-state index in [0.717, 1.165) is 22.0 Å². The molecule has 2 rings (SSSR count). The lowest BCUT2D eigenvalue weighted by Crippen LogP contribution is -2.23. The zero-order valence-electron chi connectivity index (χ0n) is 11.7. The molecule has 0 spiro atoms. The summed E-state index contributed by atoms with van der Waals surface area (Å²) >= 11 is 3.40. The fraction of sp³-hybridized carbons (Fsp3) is 0.235. The maximum Gasteiger partial charge on any atom is 0.251 e. The van der Waals surface area contributed by atoms with Crippen LogP contribution in [0.3, 0.4) is 0 Å². The Morgan fingerprint density at radius 3 is 2.40 bits per heavy atom. The molecule has 0 aliphatic rings. The van der Waals surface area contributed by atoms with Crippen LogP contribution in [0, 0.1) is 6.92 Å². The third kappa shape index (κ3) is 3.70. The molecule has 0 saturated carbocycles. The number of carbonyl (C=O) groups is 1. The van der Waals surface area contributed by atoms with Gasteiger partial charge in [-0.1, -0.05) is 53.2 Å². The second-order valence-electron chi connectivity index (χ2n) is 4.81. The molecule has 0 aromatic heterocycles. The molecule has 0 aliphatic carbocycles. The van der Waals surface area contributed by atoms with Crippen LogP contribution in [-0.4, -0.2) is 5.91 Å². The first-order valence-corrected chi connectivity index (χ1v) is 7.51. The van der Waals surface area contributed by atoms with Crippen LogP contribution in [0.4, 0.5) is 0 Å². The summed E-state index contributed by atoms with van der Waals surface area (Å²) in [5, 5.41) is 2.96. The van der Waals surface area contributed by atoms with E-state index in [1.165, 1.54) is 5.56 Å². The average Bonchev–Trinajstić information content (AvgIpc) is 2.47. The Hall–Kier alpha value is -1.61. The van der Waals surface area contributed by atoms with Gasteiger partial charge in [-0.25, -0.2) is 0 Å². The Labute approximate surface area is 128 Å². The fourth-order valence-electron chi connectivity index (χ4n) is 2.01. The molecule has 20 heavy (non-hydrogen) atoms. The van der Waals surface area contributed by atoms with Crippen LogP contribution in [0.2, 0.25) is 0 Å². The standard InChI is InChI=1S/C17H18BrNO/c1-3-13-5-7-14(8-6-13)11-19-17(20)16-10-15(18)9-4-12(16)2/h4-10H,3,11H2,1-2H3,(H,19,20). The van der Waals surface area contributed by atoms with Gasteiger partial charge < -0.3 is 5.32 Å². The van der Waals surface area contributed by atoms with Crippen LogP contribution in [-0.2, 0) is 13.0 Å². The molecule has 0 atom stereocenters. The van der Waals surface area contributed by atoms with Crippen molar-refractivity contribution in [1.29, 1.82) is 0 Å². The summed E-state index contributed by atoms with van der Waals surface area (Å²) in [5.41, 5.74) is 4.11. The molecular weight excluding hydrogens is 314 g/mol. The second kappa shape index (κ2) is 6.71. The summed E-state index contributed by atoms with van der Waals surface area (Å²) in [4.78, 5) is 12.2. The van der Waals surface area contributed by atoms with Crippen molar-refractivity contribution in [2.24, 2.45) is 0 Å². The highest BCUT2D eigenvalue weighted by Gasteiger charge is 2.09. The first-order chi connectivity index (χ1) is 9.60. The molecule has 0 unspecified atom stereocenters. The van der Waals surface area contributed by atoms with E-state index in [1.807, 2.05) is 25.1 Å². The van der Waals surface area contributed by atoms with Crippen molar-refractivity contribution in [3.63, 3.8) is 0 Å². The molecule has 1 N–H and O–H groups in total. The van der Waals surface area contributed by atoms with Crippen LogP contribution >= 0.6 is 15.9 Å². The maximum absolute atomic E-state index is 12.2. The number of rotatable bonds is 4. The Morgan fingerprint density at radius 2 is 1.75 bits per heavy atom. The van der Waals surface area contributed by atoms with Crippen molar-refractivity contribution in [2.45, 2.75) is 26.8 Å². The summed E-state index contributed by atoms with van der Waals surface area (Å²) < 4.78 is 0.917. The van der Waals surface area contributed by atoms with E-state index in [9.17, 15) is 4.79 Å². The first-order valence-electron chi connectivity index (χ1n) is 6.72. The summed E-state index contributed by atoms with van der Waals surface area (Å²) in [6.07, 6.45) is 1.03. The van der Waals surface area contributed by atoms with Crippen LogP contribution in [0.1, 0.15) is 34.0 Å². The second-order valence-corrected chi connectivity index (χ2v) is 5.73. The average molecular weight is 332 g/mol. The number of hydrogen-bond acceptors (Lipinski definition) is 1. The monoisotopic (exact) mass is 331 g/mol. The molecule has 3 heteroatoms. The molecule has 104 valence electrons. The molecule has 0 bridgehead atoms. The topological polar surface area (TPSA) is 29.1 Å². The van der Waals surface area contributed by atoms with Gasteiger partial charge in [0.2, 0.25) is 0 Å². The fourth-order valence-corrected chi connectivity index (χ4v) is 2.37. The van der Waals surface area contributed by atoms with Crippen LogP contribution < -0.4 is 5.32 Å². The molecule has 0 fully saturated rings. The maximum atomic E-state index is 12.2. The SMILES string of the molecule is CCc1ccc(CNC(=O)c2cc(Br)ccc2C)cc1. The van der Waals surface area contributed by atoms with Gasteiger partial charge in [0.05, 0.1) is 0 Å². The van der Waals surface area contributed by atoms with Crippen molar-refractivity contribution in [1.82, 2.24) is 5.32 Å². The van der Waals surface area contributed by atoms with Gasteiger partial charge in [0.25, 0.3) is 5.91 Å². The number of nitrogens with one attached hydrogen (secondary N) is 1. The molecule has 0 aliphatic heterocycles. The zero-order valence-corrected chi connectivity index (χ0v) is 13.3. The minimum atomic E-state index is -0.0385. The molecule has 2 nitrogen and oxygen atoms in total. The highest BCUT2D eigenvalue weighted by atomic mass is 79.9. The Morgan fingerprint density at radius 1 is 1.10 bits per heavy atom. The zero-order chi connectivity index (χ0) is 14.5. The molecular formula is C17H18BrNO. The lowest BCUT2D eigenvalue weighted by molar-refractivity contribution is 0.0950. The number of amides is 1. The van der Waals surface area contributed by atoms with Gasteiger partial charge in [0.15, 0.2) is 0 Å². The molecule has 0 saturated heterocycles. The van der Waals surface area contributed by atoms with Gasteiger partial charge >= 0.3 is 0 Å². The molecule has 0 radical (unpaired) electrons. The van der Waals surface area contributed by atoms with Crippen molar-refractivity contribution in [2.75, 3.05) is 0 Å². The molecule has 2 aromatic carbocycles. The Balaban J connectivity index is 2.02. The van der Waals surface area contributed by atoms with E-state index in [-0.39, 0.29) is 5.91 Å². The first kappa shape index (κ1) is 14.8. The van der Waals surface area contributed by atoms with Gasteiger partial charge in [-0.2, -0.15) is 0 Å². The predicted molar refractivity (Wildman–Crippen MR) is 85.9 cm³/mol. The summed E-state index contributed by atoms with van der Waals surface area (Å²) in [6.45, 7) is 4.62. The Bertz CT molecular complexity index is 605. The van der Waals surface area contributed by atoms with E-state index >= 15 is 0 Å². The summed E-state index contributed by atoms with van der Waals surface area (Å²) in [7, 11) is 0. The largest absolute Gasteiger partial charge is 0.348 e. The van der Waals surface area contributed by atoms with Crippen molar-refractivity contribution in [3.8, 4) is 0 Å². The highest BCUT2D eigenvalue weighted by molar-refractivity contribution is 9.10. The number of hydrogen-bond donors (Lipinski definition) is 1. The minimum absolute atomic E-state index is 0.0385. The van der Waals surface area contributed by atoms with Crippen molar-refractivity contribution < 1.29 is 4.79 Å². The highest BCUT2D eigenvalue weighted by Crippen LogP contribution is 2.16. The van der Waals surface area contributed by atoms with Gasteiger partial charge in [0, 0.05) is 16.6 Å². The van der Waals surface area contributed by atoms with Crippen LogP contribution in [0.25, 0.3) is 0 Å². The Kier molecular flexibility index (Phi) is 4.96. The molecule has 2 aromatic rings. The number of benzene rings is 2. The van der Waals surface area contributed by atoms with Crippen LogP contribution in [0.5, 0.6) is 0 Å². The summed E-state index contributed by atoms with van der Waals surface area (Å²) in [6, 6.07) is 14.1. The van der Waals surface area contributed by atoms with E-state index in [1.54, 1.807) is 0 Å². The predicted octanol–water partition coefficient (Wildman–Crippen LogP) is 4.25. The van der Waals surface area contributed by atoms with Gasteiger partial charge in [-0.15, -0.1) is 0 Å². The van der Waals surface area contributed by atoms with E-state index < -0.39 is 0 Å². The number of aryl methyl sites for hydroxylation is 2. The third-order valence-electron chi connectivity index (χ3n) is 3.33. The van der Waals surface area contributed by atoms with E-state index in [0.29, 0.717) is 12.1 Å². The molecule has 0 heterocycles. The van der Waals surface area contributed by atoms with Crippen LogP contribution in [0.15, 0.2) is 46.9 Å². The number of halogens is 1. The lowest BCUT2D eigenvalue weighted by Gasteiger charge is -2.09. The van der Waals surface area contributed by atoms with Gasteiger partial charge in [0.1, 0.15) is 0 Å². The smallest absolute Gasteiger partial charge is 0.251 e. The minimum Gasteiger partial charge on any atom is -0.348 e.